The van der Waals surface area contributed by atoms with E-state index >= 15 is 0 Å². The second-order valence-corrected chi connectivity index (χ2v) is 4.73. The molecule has 0 aliphatic rings. The largest absolute Gasteiger partial charge is 0.497 e. The third kappa shape index (κ3) is 2.26. The van der Waals surface area contributed by atoms with Crippen LogP contribution in [0.25, 0.3) is 11.0 Å². The highest BCUT2D eigenvalue weighted by Crippen LogP contribution is 2.30. The van der Waals surface area contributed by atoms with Crippen molar-refractivity contribution in [1.29, 1.82) is 0 Å². The molecule has 19 heavy (non-hydrogen) atoms. The summed E-state index contributed by atoms with van der Waals surface area (Å²) in [5, 5.41) is 8.12. The molecule has 0 saturated carbocycles. The molecule has 2 aromatic heterocycles. The number of rotatable bonds is 3. The molecular weight excluding hydrogens is 310 g/mol. The summed E-state index contributed by atoms with van der Waals surface area (Å²) in [6, 6.07) is 7.43. The number of nitrogens with zero attached hydrogens (tertiary/aromatic N) is 2. The molecule has 2 heterocycles. The molecule has 1 N–H and O–H groups in total. The van der Waals surface area contributed by atoms with E-state index < -0.39 is 0 Å². The van der Waals surface area contributed by atoms with Crippen molar-refractivity contribution < 1.29 is 9.26 Å². The Morgan fingerprint density at radius 3 is 3.00 bits per heavy atom. The topological polar surface area (TPSA) is 60.2 Å². The monoisotopic (exact) mass is 319 g/mol. The summed E-state index contributed by atoms with van der Waals surface area (Å²) in [6.07, 6.45) is 3.42. The van der Waals surface area contributed by atoms with Gasteiger partial charge in [0.25, 0.3) is 0 Å². The van der Waals surface area contributed by atoms with Crippen LogP contribution >= 0.6 is 15.9 Å². The van der Waals surface area contributed by atoms with Crippen LogP contribution < -0.4 is 10.1 Å². The van der Waals surface area contributed by atoms with Gasteiger partial charge in [-0.05, 0) is 34.1 Å². The molecule has 5 nitrogen and oxygen atoms in total. The summed E-state index contributed by atoms with van der Waals surface area (Å²) >= 11 is 3.43. The lowest BCUT2D eigenvalue weighted by molar-refractivity contribution is 0.412. The van der Waals surface area contributed by atoms with Gasteiger partial charge in [-0.15, -0.1) is 0 Å². The van der Waals surface area contributed by atoms with E-state index in [0.717, 1.165) is 21.3 Å². The molecule has 0 bridgehead atoms. The number of benzene rings is 1. The Morgan fingerprint density at radius 1 is 1.32 bits per heavy atom. The Labute approximate surface area is 117 Å². The first kappa shape index (κ1) is 12.0. The van der Waals surface area contributed by atoms with Gasteiger partial charge in [0.05, 0.1) is 22.7 Å². The molecule has 0 aliphatic heterocycles. The molecule has 6 heteroatoms. The minimum atomic E-state index is 0.657. The lowest BCUT2D eigenvalue weighted by Gasteiger charge is -2.04. The van der Waals surface area contributed by atoms with Crippen LogP contribution in [-0.4, -0.2) is 17.3 Å². The summed E-state index contributed by atoms with van der Waals surface area (Å²) < 4.78 is 11.3. The highest BCUT2D eigenvalue weighted by molar-refractivity contribution is 9.10. The molecule has 0 unspecified atom stereocenters. The van der Waals surface area contributed by atoms with Crippen molar-refractivity contribution in [3.05, 3.63) is 41.1 Å². The molecule has 0 aliphatic carbocycles. The number of aromatic nitrogens is 2. The van der Waals surface area contributed by atoms with E-state index in [0.29, 0.717) is 11.4 Å². The van der Waals surface area contributed by atoms with Gasteiger partial charge in [-0.25, -0.2) is 0 Å². The molecule has 96 valence electrons. The minimum absolute atomic E-state index is 0.657. The van der Waals surface area contributed by atoms with Crippen molar-refractivity contribution in [2.75, 3.05) is 12.4 Å². The smallest absolute Gasteiger partial charge is 0.181 e. The molecule has 3 aromatic rings. The number of fused-ring (bicyclic) bond motifs is 1. The second-order valence-electron chi connectivity index (χ2n) is 3.87. The fourth-order valence-electron chi connectivity index (χ4n) is 1.74. The molecule has 0 spiro atoms. The first-order valence-electron chi connectivity index (χ1n) is 5.58. The minimum Gasteiger partial charge on any atom is -0.497 e. The summed E-state index contributed by atoms with van der Waals surface area (Å²) in [6.45, 7) is 0. The van der Waals surface area contributed by atoms with Crippen LogP contribution in [0.1, 0.15) is 0 Å². The van der Waals surface area contributed by atoms with Gasteiger partial charge >= 0.3 is 0 Å². The van der Waals surface area contributed by atoms with Crippen LogP contribution in [0.4, 0.5) is 11.5 Å². The molecule has 1 aromatic carbocycles. The van der Waals surface area contributed by atoms with Gasteiger partial charge in [-0.1, -0.05) is 5.16 Å². The van der Waals surface area contributed by atoms with Crippen molar-refractivity contribution in [3.8, 4) is 5.75 Å². The maximum atomic E-state index is 5.28. The predicted octanol–water partition coefficient (Wildman–Crippen LogP) is 3.74. The Balaban J connectivity index is 2.00. The Kier molecular flexibility index (Phi) is 3.08. The Hall–Kier alpha value is -2.08. The molecular formula is C13H10BrN3O2. The van der Waals surface area contributed by atoms with E-state index in [1.54, 1.807) is 25.6 Å². The quantitative estimate of drug-likeness (QED) is 0.796. The molecule has 0 amide bonds. The molecule has 0 saturated heterocycles. The van der Waals surface area contributed by atoms with Crippen molar-refractivity contribution in [2.45, 2.75) is 0 Å². The van der Waals surface area contributed by atoms with E-state index in [2.05, 4.69) is 31.4 Å². The highest BCUT2D eigenvalue weighted by Gasteiger charge is 2.10. The average Bonchev–Trinajstić information content (AvgIpc) is 2.83. The van der Waals surface area contributed by atoms with Crippen LogP contribution in [-0.2, 0) is 0 Å². The lowest BCUT2D eigenvalue weighted by Crippen LogP contribution is -1.92. The van der Waals surface area contributed by atoms with Crippen LogP contribution in [0.3, 0.4) is 0 Å². The van der Waals surface area contributed by atoms with Gasteiger partial charge < -0.3 is 14.6 Å². The number of pyridine rings is 1. The zero-order valence-electron chi connectivity index (χ0n) is 10.1. The fourth-order valence-corrected chi connectivity index (χ4v) is 2.09. The number of ether oxygens (including phenoxy) is 1. The number of methoxy groups -OCH3 is 1. The maximum Gasteiger partial charge on any atom is 0.181 e. The van der Waals surface area contributed by atoms with Crippen molar-refractivity contribution in [2.24, 2.45) is 0 Å². The van der Waals surface area contributed by atoms with Crippen LogP contribution in [0, 0.1) is 0 Å². The number of hydrogen-bond donors (Lipinski definition) is 1. The third-order valence-electron chi connectivity index (χ3n) is 2.70. The summed E-state index contributed by atoms with van der Waals surface area (Å²) in [7, 11) is 1.62. The van der Waals surface area contributed by atoms with E-state index in [-0.39, 0.29) is 0 Å². The van der Waals surface area contributed by atoms with Gasteiger partial charge in [0.15, 0.2) is 11.4 Å². The van der Waals surface area contributed by atoms with Crippen LogP contribution in [0.15, 0.2) is 45.7 Å². The average molecular weight is 320 g/mol. The molecule has 0 radical (unpaired) electrons. The summed E-state index contributed by atoms with van der Waals surface area (Å²) in [5.74, 6) is 1.39. The molecule has 0 fully saturated rings. The lowest BCUT2D eigenvalue weighted by atomic mass is 10.2. The first-order valence-corrected chi connectivity index (χ1v) is 6.37. The summed E-state index contributed by atoms with van der Waals surface area (Å²) in [5.41, 5.74) is 1.55. The van der Waals surface area contributed by atoms with Crippen molar-refractivity contribution >= 4 is 38.4 Å². The number of halogens is 1. The van der Waals surface area contributed by atoms with Gasteiger partial charge in [0.2, 0.25) is 0 Å². The molecule has 3 rings (SSSR count). The third-order valence-corrected chi connectivity index (χ3v) is 3.34. The van der Waals surface area contributed by atoms with E-state index in [1.165, 1.54) is 0 Å². The summed E-state index contributed by atoms with van der Waals surface area (Å²) in [4.78, 5) is 4.01. The zero-order chi connectivity index (χ0) is 13.2. The van der Waals surface area contributed by atoms with Gasteiger partial charge in [-0.2, -0.15) is 0 Å². The van der Waals surface area contributed by atoms with Crippen molar-refractivity contribution in [3.63, 3.8) is 0 Å². The fraction of sp³-hybridized carbons (Fsp3) is 0.0769. The van der Waals surface area contributed by atoms with E-state index in [1.807, 2.05) is 18.2 Å². The Morgan fingerprint density at radius 2 is 2.21 bits per heavy atom. The SMILES string of the molecule is COc1ccc2c(Nc3ccncc3Br)noc2c1. The normalized spacial score (nSPS) is 10.6. The van der Waals surface area contributed by atoms with Crippen LogP contribution in [0.2, 0.25) is 0 Å². The van der Waals surface area contributed by atoms with Gasteiger partial charge in [0.1, 0.15) is 5.75 Å². The standard InChI is InChI=1S/C13H10BrN3O2/c1-18-8-2-3-9-12(6-8)19-17-13(9)16-11-4-5-15-7-10(11)14/h2-7H,1H3,(H,15,16,17). The van der Waals surface area contributed by atoms with Crippen LogP contribution in [0.5, 0.6) is 5.75 Å². The van der Waals surface area contributed by atoms with Gasteiger partial charge in [0, 0.05) is 18.5 Å². The number of anilines is 2. The number of nitrogens with one attached hydrogen (secondary N) is 1. The predicted molar refractivity (Wildman–Crippen MR) is 75.8 cm³/mol. The second kappa shape index (κ2) is 4.89. The van der Waals surface area contributed by atoms with Crippen molar-refractivity contribution in [1.82, 2.24) is 10.1 Å². The zero-order valence-corrected chi connectivity index (χ0v) is 11.6. The molecule has 0 atom stereocenters. The highest BCUT2D eigenvalue weighted by atomic mass is 79.9. The first-order chi connectivity index (χ1) is 9.28. The van der Waals surface area contributed by atoms with E-state index in [4.69, 9.17) is 9.26 Å². The maximum absolute atomic E-state index is 5.28. The number of hydrogen-bond acceptors (Lipinski definition) is 5. The Bertz CT molecular complexity index is 727. The van der Waals surface area contributed by atoms with E-state index in [9.17, 15) is 0 Å². The van der Waals surface area contributed by atoms with Gasteiger partial charge in [-0.3, -0.25) is 4.98 Å².